The minimum atomic E-state index is -0.963. The van der Waals surface area contributed by atoms with Gasteiger partial charge in [-0.25, -0.2) is 9.59 Å². The summed E-state index contributed by atoms with van der Waals surface area (Å²) in [6, 6.07) is 4.14. The van der Waals surface area contributed by atoms with Crippen LogP contribution in [0.15, 0.2) is 18.2 Å². The molecule has 0 bridgehead atoms. The third-order valence-electron chi connectivity index (χ3n) is 3.41. The Kier molecular flexibility index (Phi) is 4.49. The Hall–Kier alpha value is -1.75. The van der Waals surface area contributed by atoms with E-state index in [0.29, 0.717) is 23.7 Å². The molecule has 2 amide bonds. The third-order valence-corrected chi connectivity index (χ3v) is 3.73. The molecular formula is C14H17ClN2O3. The fraction of sp³-hybridized carbons (Fsp3) is 0.429. The molecule has 6 heteroatoms. The van der Waals surface area contributed by atoms with Crippen molar-refractivity contribution in [1.82, 2.24) is 4.90 Å². The number of benzene rings is 1. The average molecular weight is 297 g/mol. The van der Waals surface area contributed by atoms with Crippen molar-refractivity contribution < 1.29 is 14.7 Å². The lowest BCUT2D eigenvalue weighted by molar-refractivity contribution is -0.143. The first kappa shape index (κ1) is 14.7. The highest BCUT2D eigenvalue weighted by molar-refractivity contribution is 6.33. The van der Waals surface area contributed by atoms with Crippen LogP contribution in [0.3, 0.4) is 0 Å². The molecule has 0 aliphatic carbocycles. The molecule has 5 nitrogen and oxygen atoms in total. The second-order valence-electron chi connectivity index (χ2n) is 4.96. The molecule has 1 aliphatic heterocycles. The average Bonchev–Trinajstić information content (AvgIpc) is 2.41. The van der Waals surface area contributed by atoms with E-state index in [0.717, 1.165) is 18.4 Å². The molecule has 108 valence electrons. The molecule has 1 heterocycles. The Morgan fingerprint density at radius 1 is 1.40 bits per heavy atom. The molecule has 1 aromatic rings. The standard InChI is InChI=1S/C14H17ClN2O3/c1-9-5-6-11(10(15)8-9)16-14(20)17-7-3-2-4-12(17)13(18)19/h5-6,8,12H,2-4,7H2,1H3,(H,16,20)(H,18,19). The van der Waals surface area contributed by atoms with Crippen molar-refractivity contribution in [2.24, 2.45) is 0 Å². The first-order valence-corrected chi connectivity index (χ1v) is 6.93. The number of amides is 2. The summed E-state index contributed by atoms with van der Waals surface area (Å²) in [5.74, 6) is -0.963. The summed E-state index contributed by atoms with van der Waals surface area (Å²) in [7, 11) is 0. The summed E-state index contributed by atoms with van der Waals surface area (Å²) in [6.45, 7) is 2.36. The second-order valence-corrected chi connectivity index (χ2v) is 5.36. The van der Waals surface area contributed by atoms with Gasteiger partial charge in [0.2, 0.25) is 0 Å². The lowest BCUT2D eigenvalue weighted by Gasteiger charge is -2.32. The highest BCUT2D eigenvalue weighted by Gasteiger charge is 2.32. The maximum atomic E-state index is 12.2. The molecule has 0 saturated carbocycles. The zero-order valence-corrected chi connectivity index (χ0v) is 12.0. The number of urea groups is 1. The van der Waals surface area contributed by atoms with Crippen LogP contribution in [0.25, 0.3) is 0 Å². The highest BCUT2D eigenvalue weighted by Crippen LogP contribution is 2.24. The number of carboxylic acid groups (broad SMARTS) is 1. The van der Waals surface area contributed by atoms with Gasteiger partial charge in [0.25, 0.3) is 0 Å². The Labute approximate surface area is 122 Å². The van der Waals surface area contributed by atoms with Crippen molar-refractivity contribution >= 4 is 29.3 Å². The molecule has 2 N–H and O–H groups in total. The molecule has 1 saturated heterocycles. The van der Waals surface area contributed by atoms with Gasteiger partial charge in [0, 0.05) is 6.54 Å². The first-order valence-electron chi connectivity index (χ1n) is 6.55. The molecule has 2 rings (SSSR count). The number of carboxylic acids is 1. The van der Waals surface area contributed by atoms with Crippen molar-refractivity contribution in [3.05, 3.63) is 28.8 Å². The molecule has 1 atom stereocenters. The number of rotatable bonds is 2. The number of halogens is 1. The molecular weight excluding hydrogens is 280 g/mol. The SMILES string of the molecule is Cc1ccc(NC(=O)N2CCCCC2C(=O)O)c(Cl)c1. The van der Waals surface area contributed by atoms with Crippen molar-refractivity contribution in [3.63, 3.8) is 0 Å². The van der Waals surface area contributed by atoms with Gasteiger partial charge < -0.3 is 15.3 Å². The van der Waals surface area contributed by atoms with E-state index in [4.69, 9.17) is 16.7 Å². The van der Waals surface area contributed by atoms with Crippen LogP contribution in [-0.4, -0.2) is 34.6 Å². The number of anilines is 1. The summed E-state index contributed by atoms with van der Waals surface area (Å²) >= 11 is 6.06. The van der Waals surface area contributed by atoms with Gasteiger partial charge in [0.1, 0.15) is 6.04 Å². The summed E-state index contributed by atoms with van der Waals surface area (Å²) < 4.78 is 0. The summed E-state index contributed by atoms with van der Waals surface area (Å²) in [5, 5.41) is 12.3. The fourth-order valence-electron chi connectivity index (χ4n) is 2.34. The topological polar surface area (TPSA) is 69.6 Å². The highest BCUT2D eigenvalue weighted by atomic mass is 35.5. The van der Waals surface area contributed by atoms with E-state index in [-0.39, 0.29) is 0 Å². The maximum Gasteiger partial charge on any atom is 0.326 e. The van der Waals surface area contributed by atoms with E-state index in [9.17, 15) is 9.59 Å². The van der Waals surface area contributed by atoms with Crippen LogP contribution in [0.4, 0.5) is 10.5 Å². The van der Waals surface area contributed by atoms with Crippen LogP contribution in [0.5, 0.6) is 0 Å². The smallest absolute Gasteiger partial charge is 0.326 e. The number of nitrogens with zero attached hydrogens (tertiary/aromatic N) is 1. The van der Waals surface area contributed by atoms with Crippen LogP contribution in [0, 0.1) is 6.92 Å². The van der Waals surface area contributed by atoms with Crippen LogP contribution >= 0.6 is 11.6 Å². The van der Waals surface area contributed by atoms with Gasteiger partial charge in [-0.1, -0.05) is 17.7 Å². The van der Waals surface area contributed by atoms with Crippen LogP contribution in [0.1, 0.15) is 24.8 Å². The largest absolute Gasteiger partial charge is 0.480 e. The number of aryl methyl sites for hydroxylation is 1. The molecule has 1 aromatic carbocycles. The van der Waals surface area contributed by atoms with Gasteiger partial charge in [0.15, 0.2) is 0 Å². The van der Waals surface area contributed by atoms with E-state index in [1.807, 2.05) is 13.0 Å². The summed E-state index contributed by atoms with van der Waals surface area (Å²) in [5.41, 5.74) is 1.49. The number of hydrogen-bond donors (Lipinski definition) is 2. The van der Waals surface area contributed by atoms with Gasteiger partial charge >= 0.3 is 12.0 Å². The van der Waals surface area contributed by atoms with Gasteiger partial charge in [-0.3, -0.25) is 0 Å². The predicted octanol–water partition coefficient (Wildman–Crippen LogP) is 3.12. The predicted molar refractivity (Wildman–Crippen MR) is 77.2 cm³/mol. The van der Waals surface area contributed by atoms with Crippen molar-refractivity contribution in [2.75, 3.05) is 11.9 Å². The Morgan fingerprint density at radius 2 is 2.15 bits per heavy atom. The number of aliphatic carboxylic acids is 1. The lowest BCUT2D eigenvalue weighted by Crippen LogP contribution is -2.49. The molecule has 1 fully saturated rings. The third kappa shape index (κ3) is 3.22. The van der Waals surface area contributed by atoms with Gasteiger partial charge in [-0.15, -0.1) is 0 Å². The molecule has 20 heavy (non-hydrogen) atoms. The molecule has 0 spiro atoms. The van der Waals surface area contributed by atoms with E-state index >= 15 is 0 Å². The van der Waals surface area contributed by atoms with E-state index in [1.165, 1.54) is 4.90 Å². The van der Waals surface area contributed by atoms with Crippen LogP contribution in [-0.2, 0) is 4.79 Å². The molecule has 0 radical (unpaired) electrons. The van der Waals surface area contributed by atoms with Crippen LogP contribution < -0.4 is 5.32 Å². The summed E-state index contributed by atoms with van der Waals surface area (Å²) in [6.07, 6.45) is 2.13. The van der Waals surface area contributed by atoms with Crippen molar-refractivity contribution in [3.8, 4) is 0 Å². The minimum absolute atomic E-state index is 0.414. The lowest BCUT2D eigenvalue weighted by atomic mass is 10.0. The summed E-state index contributed by atoms with van der Waals surface area (Å²) in [4.78, 5) is 24.8. The normalized spacial score (nSPS) is 18.7. The Bertz CT molecular complexity index is 533. The monoisotopic (exact) mass is 296 g/mol. The Balaban J connectivity index is 2.12. The number of hydrogen-bond acceptors (Lipinski definition) is 2. The van der Waals surface area contributed by atoms with Crippen molar-refractivity contribution in [2.45, 2.75) is 32.2 Å². The fourth-order valence-corrected chi connectivity index (χ4v) is 2.62. The first-order chi connectivity index (χ1) is 9.49. The van der Waals surface area contributed by atoms with Gasteiger partial charge in [-0.05, 0) is 43.9 Å². The van der Waals surface area contributed by atoms with E-state index in [1.54, 1.807) is 12.1 Å². The Morgan fingerprint density at radius 3 is 2.80 bits per heavy atom. The number of carbonyl (C=O) groups excluding carboxylic acids is 1. The van der Waals surface area contributed by atoms with Gasteiger partial charge in [0.05, 0.1) is 10.7 Å². The zero-order chi connectivity index (χ0) is 14.7. The molecule has 0 aromatic heterocycles. The number of carbonyl (C=O) groups is 2. The molecule has 1 unspecified atom stereocenters. The maximum absolute atomic E-state index is 12.2. The minimum Gasteiger partial charge on any atom is -0.480 e. The second kappa shape index (κ2) is 6.13. The van der Waals surface area contributed by atoms with Gasteiger partial charge in [-0.2, -0.15) is 0 Å². The van der Waals surface area contributed by atoms with E-state index < -0.39 is 18.0 Å². The number of piperidine rings is 1. The zero-order valence-electron chi connectivity index (χ0n) is 11.2. The number of likely N-dealkylation sites (tertiary alicyclic amines) is 1. The van der Waals surface area contributed by atoms with E-state index in [2.05, 4.69) is 5.32 Å². The van der Waals surface area contributed by atoms with Crippen molar-refractivity contribution in [1.29, 1.82) is 0 Å². The molecule has 1 aliphatic rings. The number of nitrogens with one attached hydrogen (secondary N) is 1. The van der Waals surface area contributed by atoms with Crippen LogP contribution in [0.2, 0.25) is 5.02 Å². The quantitative estimate of drug-likeness (QED) is 0.881.